The van der Waals surface area contributed by atoms with E-state index in [9.17, 15) is 0 Å². The molecule has 0 aromatic heterocycles. The Kier molecular flexibility index (Phi) is 2.85. The fourth-order valence-electron chi connectivity index (χ4n) is 1.39. The molecule has 15 heavy (non-hydrogen) atoms. The summed E-state index contributed by atoms with van der Waals surface area (Å²) < 4.78 is 0. The van der Waals surface area contributed by atoms with Crippen LogP contribution in [0.15, 0.2) is 42.5 Å². The Hall–Kier alpha value is -1.18. The van der Waals surface area contributed by atoms with E-state index >= 15 is 0 Å². The van der Waals surface area contributed by atoms with Crippen molar-refractivity contribution in [1.29, 1.82) is 0 Å². The molecule has 0 aliphatic carbocycles. The zero-order valence-corrected chi connectivity index (χ0v) is 9.39. The lowest BCUT2D eigenvalue weighted by atomic mass is 10.1. The fourth-order valence-corrected chi connectivity index (χ4v) is 1.69. The smallest absolute Gasteiger partial charge is 0.0598 e. The lowest BCUT2D eigenvalue weighted by Crippen LogP contribution is -1.85. The van der Waals surface area contributed by atoms with Gasteiger partial charge in [0.1, 0.15) is 0 Å². The van der Waals surface area contributed by atoms with Gasteiger partial charge in [0.2, 0.25) is 0 Å². The van der Waals surface area contributed by atoms with Crippen LogP contribution < -0.4 is 5.73 Å². The van der Waals surface area contributed by atoms with Crippen LogP contribution in [0.2, 0.25) is 10.0 Å². The molecule has 3 heteroatoms. The third kappa shape index (κ3) is 2.25. The SMILES string of the molecule is Nc1cccc(-c2ccc(Cl)c(Cl)c2)c1. The van der Waals surface area contributed by atoms with Crippen molar-refractivity contribution in [2.75, 3.05) is 5.73 Å². The first-order valence-electron chi connectivity index (χ1n) is 4.48. The van der Waals surface area contributed by atoms with E-state index < -0.39 is 0 Å². The zero-order chi connectivity index (χ0) is 10.8. The Bertz CT molecular complexity index is 495. The predicted molar refractivity (Wildman–Crippen MR) is 66.3 cm³/mol. The maximum Gasteiger partial charge on any atom is 0.0598 e. The second-order valence-electron chi connectivity index (χ2n) is 3.25. The lowest BCUT2D eigenvalue weighted by molar-refractivity contribution is 1.61. The summed E-state index contributed by atoms with van der Waals surface area (Å²) in [6.07, 6.45) is 0. The summed E-state index contributed by atoms with van der Waals surface area (Å²) in [5.74, 6) is 0. The van der Waals surface area contributed by atoms with Crippen LogP contribution in [0.3, 0.4) is 0 Å². The van der Waals surface area contributed by atoms with Crippen LogP contribution in [0.1, 0.15) is 0 Å². The van der Waals surface area contributed by atoms with Gasteiger partial charge in [0.25, 0.3) is 0 Å². The molecule has 0 heterocycles. The highest BCUT2D eigenvalue weighted by molar-refractivity contribution is 6.42. The van der Waals surface area contributed by atoms with Crippen LogP contribution in [0.5, 0.6) is 0 Å². The van der Waals surface area contributed by atoms with Gasteiger partial charge in [0.15, 0.2) is 0 Å². The van der Waals surface area contributed by atoms with Crippen LogP contribution >= 0.6 is 23.2 Å². The number of nitrogen functional groups attached to an aromatic ring is 1. The number of halogens is 2. The van der Waals surface area contributed by atoms with Crippen molar-refractivity contribution >= 4 is 28.9 Å². The predicted octanol–water partition coefficient (Wildman–Crippen LogP) is 4.24. The molecule has 0 aliphatic heterocycles. The molecule has 2 aromatic carbocycles. The van der Waals surface area contributed by atoms with Crippen LogP contribution in [0.4, 0.5) is 5.69 Å². The molecule has 0 aliphatic rings. The molecule has 2 aromatic rings. The molecule has 2 rings (SSSR count). The monoisotopic (exact) mass is 237 g/mol. The number of nitrogens with two attached hydrogens (primary N) is 1. The first-order chi connectivity index (χ1) is 7.16. The normalized spacial score (nSPS) is 10.3. The second kappa shape index (κ2) is 4.13. The maximum atomic E-state index is 5.94. The minimum Gasteiger partial charge on any atom is -0.399 e. The van der Waals surface area contributed by atoms with Crippen LogP contribution in [-0.2, 0) is 0 Å². The topological polar surface area (TPSA) is 26.0 Å². The van der Waals surface area contributed by atoms with Crippen molar-refractivity contribution in [2.45, 2.75) is 0 Å². The van der Waals surface area contributed by atoms with Gasteiger partial charge in [-0.3, -0.25) is 0 Å². The van der Waals surface area contributed by atoms with Crippen LogP contribution in [0, 0.1) is 0 Å². The standard InChI is InChI=1S/C12H9Cl2N/c13-11-5-4-9(7-12(11)14)8-2-1-3-10(15)6-8/h1-7H,15H2. The number of rotatable bonds is 1. The molecule has 0 spiro atoms. The van der Waals surface area contributed by atoms with Gasteiger partial charge >= 0.3 is 0 Å². The maximum absolute atomic E-state index is 5.94. The Labute approximate surface area is 98.4 Å². The molecule has 0 saturated heterocycles. The van der Waals surface area contributed by atoms with Crippen LogP contribution in [0.25, 0.3) is 11.1 Å². The van der Waals surface area contributed by atoms with Gasteiger partial charge in [0, 0.05) is 5.69 Å². The summed E-state index contributed by atoms with van der Waals surface area (Å²) in [6, 6.07) is 13.2. The van der Waals surface area contributed by atoms with Gasteiger partial charge in [-0.15, -0.1) is 0 Å². The molecule has 76 valence electrons. The van der Waals surface area contributed by atoms with E-state index in [4.69, 9.17) is 28.9 Å². The number of anilines is 1. The Morgan fingerprint density at radius 2 is 1.53 bits per heavy atom. The molecule has 1 nitrogen and oxygen atoms in total. The number of hydrogen-bond acceptors (Lipinski definition) is 1. The summed E-state index contributed by atoms with van der Waals surface area (Å²) in [6.45, 7) is 0. The molecule has 0 saturated carbocycles. The average Bonchev–Trinajstić information content (AvgIpc) is 2.22. The van der Waals surface area contributed by atoms with Crippen molar-refractivity contribution in [3.63, 3.8) is 0 Å². The van der Waals surface area contributed by atoms with Crippen molar-refractivity contribution in [3.8, 4) is 11.1 Å². The minimum atomic E-state index is 0.552. The summed E-state index contributed by atoms with van der Waals surface area (Å²) in [7, 11) is 0. The van der Waals surface area contributed by atoms with Gasteiger partial charge in [-0.05, 0) is 35.4 Å². The first kappa shape index (κ1) is 10.3. The van der Waals surface area contributed by atoms with Gasteiger partial charge in [-0.25, -0.2) is 0 Å². The van der Waals surface area contributed by atoms with E-state index in [2.05, 4.69) is 0 Å². The molecule has 0 amide bonds. The largest absolute Gasteiger partial charge is 0.399 e. The molecule has 0 atom stereocenters. The van der Waals surface area contributed by atoms with Gasteiger partial charge in [-0.2, -0.15) is 0 Å². The van der Waals surface area contributed by atoms with E-state index in [1.54, 1.807) is 6.07 Å². The van der Waals surface area contributed by atoms with E-state index in [-0.39, 0.29) is 0 Å². The summed E-state index contributed by atoms with van der Waals surface area (Å²) in [5.41, 5.74) is 8.49. The molecule has 0 bridgehead atoms. The van der Waals surface area contributed by atoms with Gasteiger partial charge in [0.05, 0.1) is 10.0 Å². The highest BCUT2D eigenvalue weighted by atomic mass is 35.5. The molecule has 2 N–H and O–H groups in total. The Morgan fingerprint density at radius 1 is 0.800 bits per heavy atom. The van der Waals surface area contributed by atoms with E-state index in [0.717, 1.165) is 16.8 Å². The van der Waals surface area contributed by atoms with Gasteiger partial charge in [-0.1, -0.05) is 41.4 Å². The summed E-state index contributed by atoms with van der Waals surface area (Å²) >= 11 is 11.8. The highest BCUT2D eigenvalue weighted by Crippen LogP contribution is 2.29. The molecule has 0 fully saturated rings. The molecular weight excluding hydrogens is 229 g/mol. The Balaban J connectivity index is 2.50. The fraction of sp³-hybridized carbons (Fsp3) is 0. The highest BCUT2D eigenvalue weighted by Gasteiger charge is 2.01. The zero-order valence-electron chi connectivity index (χ0n) is 7.87. The van der Waals surface area contributed by atoms with E-state index in [0.29, 0.717) is 10.0 Å². The molecular formula is C12H9Cl2N. The number of benzene rings is 2. The summed E-state index contributed by atoms with van der Waals surface area (Å²) in [4.78, 5) is 0. The van der Waals surface area contributed by atoms with Crippen LogP contribution in [-0.4, -0.2) is 0 Å². The van der Waals surface area contributed by atoms with Gasteiger partial charge < -0.3 is 5.73 Å². The quantitative estimate of drug-likeness (QED) is 0.738. The first-order valence-corrected chi connectivity index (χ1v) is 5.23. The minimum absolute atomic E-state index is 0.552. The third-order valence-electron chi connectivity index (χ3n) is 2.14. The second-order valence-corrected chi connectivity index (χ2v) is 4.07. The van der Waals surface area contributed by atoms with Crippen molar-refractivity contribution in [3.05, 3.63) is 52.5 Å². The van der Waals surface area contributed by atoms with Crippen molar-refractivity contribution < 1.29 is 0 Å². The average molecular weight is 238 g/mol. The lowest BCUT2D eigenvalue weighted by Gasteiger charge is -2.04. The van der Waals surface area contributed by atoms with Crippen molar-refractivity contribution in [2.24, 2.45) is 0 Å². The van der Waals surface area contributed by atoms with E-state index in [1.807, 2.05) is 36.4 Å². The van der Waals surface area contributed by atoms with E-state index in [1.165, 1.54) is 0 Å². The molecule has 0 unspecified atom stereocenters. The Morgan fingerprint density at radius 3 is 2.20 bits per heavy atom. The summed E-state index contributed by atoms with van der Waals surface area (Å²) in [5, 5.41) is 1.11. The van der Waals surface area contributed by atoms with Crippen molar-refractivity contribution in [1.82, 2.24) is 0 Å². The number of hydrogen-bond donors (Lipinski definition) is 1. The third-order valence-corrected chi connectivity index (χ3v) is 2.88. The molecule has 0 radical (unpaired) electrons.